The van der Waals surface area contributed by atoms with Gasteiger partial charge in [-0.05, 0) is 84.2 Å². The lowest BCUT2D eigenvalue weighted by Crippen LogP contribution is -2.61. The molecule has 0 saturated carbocycles. The first-order chi connectivity index (χ1) is 36.7. The maximum Gasteiger partial charge on any atom is 0.326 e. The number of carbonyl (C=O) groups is 9. The molecular formula is C52H75N11O15. The van der Waals surface area contributed by atoms with E-state index in [9.17, 15) is 63.9 Å². The van der Waals surface area contributed by atoms with Crippen molar-refractivity contribution >= 4 is 59.2 Å². The lowest BCUT2D eigenvalue weighted by Gasteiger charge is -2.29. The average Bonchev–Trinajstić information content (AvgIpc) is 3.37. The molecule has 26 nitrogen and oxygen atoms in total. The molecule has 0 saturated heterocycles. The van der Waals surface area contributed by atoms with E-state index in [4.69, 9.17) is 27.1 Å². The molecule has 0 aliphatic heterocycles. The SMILES string of the molecule is CC(=O)O.CCC(C)C(NC(=O)C(N)CO)C(=O)NC(Cc1ccc(O)cc1)C(=O)NC(CCCN=C(N)N)C(=O)NC(Cc1ccc(O)cc1)C(=O)NC(Cc1ccc(O)cc1)C(=O)NCC(=O)NC(CC(C)C)C(=O)O. The van der Waals surface area contributed by atoms with Gasteiger partial charge in [-0.2, -0.15) is 0 Å². The van der Waals surface area contributed by atoms with E-state index in [0.29, 0.717) is 23.1 Å². The minimum atomic E-state index is -1.51. The number of carbonyl (C=O) groups excluding carboxylic acids is 7. The van der Waals surface area contributed by atoms with Gasteiger partial charge in [-0.1, -0.05) is 70.5 Å². The Morgan fingerprint density at radius 1 is 0.564 bits per heavy atom. The summed E-state index contributed by atoms with van der Waals surface area (Å²) in [4.78, 5) is 122. The average molecular weight is 1090 g/mol. The number of aliphatic carboxylic acids is 2. The molecule has 8 atom stereocenters. The van der Waals surface area contributed by atoms with Crippen molar-refractivity contribution in [2.24, 2.45) is 34.0 Å². The Bertz CT molecular complexity index is 2490. The largest absolute Gasteiger partial charge is 0.508 e. The van der Waals surface area contributed by atoms with Gasteiger partial charge in [-0.15, -0.1) is 0 Å². The molecule has 0 heterocycles. The van der Waals surface area contributed by atoms with E-state index in [-0.39, 0.29) is 74.2 Å². The third-order valence-corrected chi connectivity index (χ3v) is 11.7. The molecule has 78 heavy (non-hydrogen) atoms. The van der Waals surface area contributed by atoms with Crippen LogP contribution in [0.5, 0.6) is 17.2 Å². The molecule has 3 aromatic carbocycles. The number of benzene rings is 3. The lowest BCUT2D eigenvalue weighted by molar-refractivity contribution is -0.142. The molecule has 19 N–H and O–H groups in total. The van der Waals surface area contributed by atoms with Crippen molar-refractivity contribution in [2.75, 3.05) is 19.7 Å². The van der Waals surface area contributed by atoms with Crippen molar-refractivity contribution in [3.8, 4) is 17.2 Å². The summed E-state index contributed by atoms with van der Waals surface area (Å²) in [5, 5.41) is 74.4. The summed E-state index contributed by atoms with van der Waals surface area (Å²) in [6.45, 7) is 6.71. The summed E-state index contributed by atoms with van der Waals surface area (Å²) in [7, 11) is 0. The highest BCUT2D eigenvalue weighted by molar-refractivity contribution is 5.97. The van der Waals surface area contributed by atoms with Gasteiger partial charge in [0.25, 0.3) is 5.97 Å². The van der Waals surface area contributed by atoms with Gasteiger partial charge in [0.15, 0.2) is 5.96 Å². The topological polar surface area (TPSA) is 450 Å². The predicted octanol–water partition coefficient (Wildman–Crippen LogP) is -1.50. The van der Waals surface area contributed by atoms with Gasteiger partial charge in [0.05, 0.1) is 13.2 Å². The first kappa shape index (κ1) is 65.6. The third kappa shape index (κ3) is 24.9. The third-order valence-electron chi connectivity index (χ3n) is 11.7. The number of nitrogens with one attached hydrogen (secondary N) is 7. The molecule has 0 aromatic heterocycles. The molecule has 7 amide bonds. The number of aliphatic hydroxyl groups excluding tert-OH is 1. The highest BCUT2D eigenvalue weighted by Crippen LogP contribution is 2.17. The zero-order valence-corrected chi connectivity index (χ0v) is 44.2. The molecule has 0 aliphatic carbocycles. The number of carboxylic acids is 2. The number of aliphatic hydroxyl groups is 1. The van der Waals surface area contributed by atoms with Crippen LogP contribution in [0.3, 0.4) is 0 Å². The van der Waals surface area contributed by atoms with Crippen LogP contribution < -0.4 is 54.4 Å². The van der Waals surface area contributed by atoms with E-state index in [1.165, 1.54) is 72.8 Å². The van der Waals surface area contributed by atoms with Crippen molar-refractivity contribution < 1.29 is 73.8 Å². The molecule has 0 bridgehead atoms. The summed E-state index contributed by atoms with van der Waals surface area (Å²) in [6, 6.07) is 7.47. The van der Waals surface area contributed by atoms with Gasteiger partial charge in [-0.3, -0.25) is 43.3 Å². The van der Waals surface area contributed by atoms with Gasteiger partial charge < -0.3 is 85.1 Å². The maximum atomic E-state index is 14.6. The summed E-state index contributed by atoms with van der Waals surface area (Å²) >= 11 is 0. The van der Waals surface area contributed by atoms with Crippen LogP contribution in [0.25, 0.3) is 0 Å². The zero-order valence-electron chi connectivity index (χ0n) is 44.2. The van der Waals surface area contributed by atoms with E-state index in [1.54, 1.807) is 27.7 Å². The number of guanidine groups is 1. The normalized spacial score (nSPS) is 13.8. The zero-order chi connectivity index (χ0) is 58.6. The molecule has 428 valence electrons. The summed E-state index contributed by atoms with van der Waals surface area (Å²) in [6.07, 6.45) is -0.155. The molecule has 0 fully saturated rings. The highest BCUT2D eigenvalue weighted by atomic mass is 16.4. The number of hydrogen-bond donors (Lipinski definition) is 16. The minimum absolute atomic E-state index is 0.000105. The first-order valence-electron chi connectivity index (χ1n) is 25.0. The van der Waals surface area contributed by atoms with Crippen LogP contribution in [-0.2, 0) is 62.4 Å². The fraction of sp³-hybridized carbons (Fsp3) is 0.462. The summed E-state index contributed by atoms with van der Waals surface area (Å²) in [5.41, 5.74) is 18.2. The Kier molecular flexibility index (Phi) is 28.2. The number of amides is 7. The molecular weight excluding hydrogens is 1020 g/mol. The van der Waals surface area contributed by atoms with Crippen LogP contribution in [0.15, 0.2) is 77.8 Å². The Morgan fingerprint density at radius 3 is 1.35 bits per heavy atom. The van der Waals surface area contributed by atoms with Crippen molar-refractivity contribution in [3.05, 3.63) is 89.5 Å². The number of hydrogen-bond acceptors (Lipinski definition) is 15. The number of aliphatic imine (C=N–C) groups is 1. The highest BCUT2D eigenvalue weighted by Gasteiger charge is 2.35. The lowest BCUT2D eigenvalue weighted by atomic mass is 9.96. The second-order valence-electron chi connectivity index (χ2n) is 18.8. The number of nitrogens with zero attached hydrogens (tertiary/aromatic N) is 1. The molecule has 0 aliphatic rings. The Hall–Kier alpha value is -8.52. The van der Waals surface area contributed by atoms with Gasteiger partial charge in [0, 0.05) is 32.7 Å². The van der Waals surface area contributed by atoms with E-state index in [0.717, 1.165) is 6.92 Å². The van der Waals surface area contributed by atoms with Gasteiger partial charge in [0.2, 0.25) is 41.4 Å². The Morgan fingerprint density at radius 2 is 0.962 bits per heavy atom. The van der Waals surface area contributed by atoms with Crippen LogP contribution >= 0.6 is 0 Å². The second kappa shape index (κ2) is 33.5. The first-order valence-corrected chi connectivity index (χ1v) is 25.0. The molecule has 0 radical (unpaired) electrons. The van der Waals surface area contributed by atoms with Crippen LogP contribution in [-0.4, -0.2) is 152 Å². The number of rotatable bonds is 30. The predicted molar refractivity (Wildman–Crippen MR) is 285 cm³/mol. The number of aromatic hydroxyl groups is 3. The van der Waals surface area contributed by atoms with Gasteiger partial charge >= 0.3 is 5.97 Å². The van der Waals surface area contributed by atoms with Crippen LogP contribution in [0, 0.1) is 11.8 Å². The van der Waals surface area contributed by atoms with Crippen molar-refractivity contribution in [1.29, 1.82) is 0 Å². The monoisotopic (exact) mass is 1090 g/mol. The fourth-order valence-electron chi connectivity index (χ4n) is 7.36. The van der Waals surface area contributed by atoms with Crippen molar-refractivity contribution in [3.63, 3.8) is 0 Å². The van der Waals surface area contributed by atoms with E-state index >= 15 is 0 Å². The number of carboxylic acid groups (broad SMARTS) is 2. The standard InChI is InChI=1S/C50H71N11O13.C2H4O2/c1-5-28(4)42(61-43(67)35(51)26-62)48(72)60-39(24-31-12-18-34(65)19-13-31)46(70)57-36(7-6-20-54-50(52)53)45(69)59-38(23-30-10-16-33(64)17-11-30)47(71)58-37(22-29-8-14-32(63)15-9-29)44(68)55-25-41(66)56-40(49(73)74)21-27(2)3;1-2(3)4/h8-19,27-28,35-40,42,62-65H,5-7,20-26,51H2,1-4H3,(H,55,68)(H,56,66)(H,57,70)(H,58,71)(H,59,69)(H,60,72)(H,61,67)(H,73,74)(H4,52,53,54);1H3,(H,3,4). The summed E-state index contributed by atoms with van der Waals surface area (Å²) < 4.78 is 0. The van der Waals surface area contributed by atoms with E-state index in [1.807, 2.05) is 0 Å². The quantitative estimate of drug-likeness (QED) is 0.0205. The number of phenolic OH excluding ortho intramolecular Hbond substituents is 3. The van der Waals surface area contributed by atoms with Crippen LogP contribution in [0.4, 0.5) is 0 Å². The van der Waals surface area contributed by atoms with Crippen molar-refractivity contribution in [2.45, 2.75) is 122 Å². The maximum absolute atomic E-state index is 14.6. The van der Waals surface area contributed by atoms with E-state index < -0.39 is 115 Å². The van der Waals surface area contributed by atoms with E-state index in [2.05, 4.69) is 42.2 Å². The van der Waals surface area contributed by atoms with Crippen molar-refractivity contribution in [1.82, 2.24) is 37.2 Å². The molecule has 8 unspecified atom stereocenters. The van der Waals surface area contributed by atoms with Gasteiger partial charge in [0.1, 0.15) is 59.5 Å². The number of phenols is 3. The molecule has 3 rings (SSSR count). The molecule has 26 heteroatoms. The smallest absolute Gasteiger partial charge is 0.326 e. The number of nitrogens with two attached hydrogens (primary N) is 3. The van der Waals surface area contributed by atoms with Gasteiger partial charge in [-0.25, -0.2) is 4.79 Å². The molecule has 3 aromatic rings. The Balaban J connectivity index is 0.00000501. The van der Waals surface area contributed by atoms with Crippen LogP contribution in [0.1, 0.15) is 77.0 Å². The molecule has 0 spiro atoms. The summed E-state index contributed by atoms with van der Waals surface area (Å²) in [5.74, 6) is -9.21. The van der Waals surface area contributed by atoms with Crippen LogP contribution in [0.2, 0.25) is 0 Å². The fourth-order valence-corrected chi connectivity index (χ4v) is 7.36. The minimum Gasteiger partial charge on any atom is -0.508 e. The Labute approximate surface area is 451 Å². The second-order valence-corrected chi connectivity index (χ2v) is 18.8.